The summed E-state index contributed by atoms with van der Waals surface area (Å²) >= 11 is 1.87. The van der Waals surface area contributed by atoms with Gasteiger partial charge in [0, 0.05) is 24.4 Å². The van der Waals surface area contributed by atoms with Crippen LogP contribution in [0.5, 0.6) is 0 Å². The summed E-state index contributed by atoms with van der Waals surface area (Å²) in [6, 6.07) is 2.43. The van der Waals surface area contributed by atoms with Crippen LogP contribution >= 0.6 is 11.3 Å². The quantitative estimate of drug-likeness (QED) is 0.860. The van der Waals surface area contributed by atoms with Crippen molar-refractivity contribution >= 4 is 11.3 Å². The third kappa shape index (κ3) is 2.58. The summed E-state index contributed by atoms with van der Waals surface area (Å²) in [5.74, 6) is 1.58. The summed E-state index contributed by atoms with van der Waals surface area (Å²) in [5.41, 5.74) is 1.45. The van der Waals surface area contributed by atoms with Gasteiger partial charge in [0.1, 0.15) is 0 Å². The van der Waals surface area contributed by atoms with Crippen molar-refractivity contribution in [3.8, 4) is 0 Å². The van der Waals surface area contributed by atoms with Gasteiger partial charge in [-0.1, -0.05) is 12.1 Å². The Morgan fingerprint density at radius 3 is 3.26 bits per heavy atom. The minimum Gasteiger partial charge on any atom is -0.338 e. The maximum Gasteiger partial charge on any atom is 0.243 e. The lowest BCUT2D eigenvalue weighted by atomic mass is 10.1. The first kappa shape index (κ1) is 12.8. The predicted molar refractivity (Wildman–Crippen MR) is 75.1 cm³/mol. The van der Waals surface area contributed by atoms with Gasteiger partial charge >= 0.3 is 0 Å². The van der Waals surface area contributed by atoms with E-state index in [1.165, 1.54) is 10.4 Å². The Hall–Kier alpha value is -1.20. The molecule has 1 aliphatic heterocycles. The van der Waals surface area contributed by atoms with Crippen molar-refractivity contribution in [1.29, 1.82) is 0 Å². The standard InChI is InChI=1S/C14H19N3OS/c1-3-4-13-15-14(18-16-13)10(2)17-7-5-12-11(9-17)6-8-19-12/h6,8,10H,3-5,7,9H2,1-2H3/t10-/m0/s1. The number of fused-ring (bicyclic) bond motifs is 1. The first-order valence-corrected chi connectivity index (χ1v) is 7.77. The molecule has 0 saturated carbocycles. The Kier molecular flexibility index (Phi) is 3.66. The fraction of sp³-hybridized carbons (Fsp3) is 0.571. The van der Waals surface area contributed by atoms with E-state index in [0.717, 1.165) is 44.1 Å². The van der Waals surface area contributed by atoms with Crippen LogP contribution in [-0.2, 0) is 19.4 Å². The molecule has 3 heterocycles. The summed E-state index contributed by atoms with van der Waals surface area (Å²) in [6.07, 6.45) is 3.08. The molecule has 1 atom stereocenters. The second-order valence-electron chi connectivity index (χ2n) is 5.06. The molecule has 1 aliphatic rings. The average Bonchev–Trinajstić information content (AvgIpc) is 3.05. The van der Waals surface area contributed by atoms with Gasteiger partial charge in [-0.05, 0) is 36.8 Å². The van der Waals surface area contributed by atoms with E-state index in [0.29, 0.717) is 0 Å². The smallest absolute Gasteiger partial charge is 0.243 e. The monoisotopic (exact) mass is 277 g/mol. The first-order chi connectivity index (χ1) is 9.28. The maximum absolute atomic E-state index is 5.40. The lowest BCUT2D eigenvalue weighted by Crippen LogP contribution is -2.32. The van der Waals surface area contributed by atoms with E-state index in [2.05, 4.69) is 40.3 Å². The number of hydrogen-bond acceptors (Lipinski definition) is 5. The van der Waals surface area contributed by atoms with Gasteiger partial charge in [0.05, 0.1) is 6.04 Å². The molecule has 0 unspecified atom stereocenters. The van der Waals surface area contributed by atoms with Gasteiger partial charge in [-0.25, -0.2) is 0 Å². The highest BCUT2D eigenvalue weighted by atomic mass is 32.1. The van der Waals surface area contributed by atoms with Crippen molar-refractivity contribution in [3.63, 3.8) is 0 Å². The number of thiophene rings is 1. The van der Waals surface area contributed by atoms with E-state index in [1.54, 1.807) is 0 Å². The van der Waals surface area contributed by atoms with Gasteiger partial charge < -0.3 is 4.52 Å². The molecule has 19 heavy (non-hydrogen) atoms. The van der Waals surface area contributed by atoms with Gasteiger partial charge in [-0.15, -0.1) is 11.3 Å². The minimum absolute atomic E-state index is 0.200. The van der Waals surface area contributed by atoms with E-state index in [9.17, 15) is 0 Å². The summed E-state index contributed by atoms with van der Waals surface area (Å²) in [5, 5.41) is 6.23. The van der Waals surface area contributed by atoms with Gasteiger partial charge in [0.2, 0.25) is 5.89 Å². The maximum atomic E-state index is 5.40. The van der Waals surface area contributed by atoms with E-state index in [1.807, 2.05) is 11.3 Å². The minimum atomic E-state index is 0.200. The molecule has 2 aromatic rings. The summed E-state index contributed by atoms with van der Waals surface area (Å²) < 4.78 is 5.40. The molecule has 0 radical (unpaired) electrons. The Morgan fingerprint density at radius 2 is 2.42 bits per heavy atom. The fourth-order valence-corrected chi connectivity index (χ4v) is 3.41. The number of rotatable bonds is 4. The summed E-state index contributed by atoms with van der Waals surface area (Å²) in [7, 11) is 0. The molecule has 0 saturated heterocycles. The van der Waals surface area contributed by atoms with Crippen molar-refractivity contribution < 1.29 is 4.52 Å². The van der Waals surface area contributed by atoms with E-state index in [4.69, 9.17) is 4.52 Å². The number of nitrogens with zero attached hydrogens (tertiary/aromatic N) is 3. The third-order valence-corrected chi connectivity index (χ3v) is 4.72. The highest BCUT2D eigenvalue weighted by Crippen LogP contribution is 2.29. The number of hydrogen-bond donors (Lipinski definition) is 0. The Bertz CT molecular complexity index is 548. The van der Waals surface area contributed by atoms with Crippen molar-refractivity contribution in [2.45, 2.75) is 45.7 Å². The van der Waals surface area contributed by atoms with Crippen LogP contribution in [-0.4, -0.2) is 21.6 Å². The SMILES string of the molecule is CCCc1noc([C@H](C)N2CCc3sccc3C2)n1. The predicted octanol–water partition coefficient (Wildman–Crippen LogP) is 3.20. The molecule has 0 bridgehead atoms. The molecule has 0 amide bonds. The second kappa shape index (κ2) is 5.43. The first-order valence-electron chi connectivity index (χ1n) is 6.89. The van der Waals surface area contributed by atoms with Crippen molar-refractivity contribution in [3.05, 3.63) is 33.6 Å². The second-order valence-corrected chi connectivity index (χ2v) is 6.06. The fourth-order valence-electron chi connectivity index (χ4n) is 2.52. The molecule has 4 nitrogen and oxygen atoms in total. The van der Waals surface area contributed by atoms with Gasteiger partial charge in [0.25, 0.3) is 0 Å². The summed E-state index contributed by atoms with van der Waals surface area (Å²) in [6.45, 7) is 6.34. The normalized spacial score (nSPS) is 17.4. The van der Waals surface area contributed by atoms with Crippen LogP contribution in [0.25, 0.3) is 0 Å². The van der Waals surface area contributed by atoms with Crippen molar-refractivity contribution in [2.24, 2.45) is 0 Å². The molecule has 102 valence electrons. The molecule has 0 fully saturated rings. The molecule has 3 rings (SSSR count). The Morgan fingerprint density at radius 1 is 1.53 bits per heavy atom. The largest absolute Gasteiger partial charge is 0.338 e. The highest BCUT2D eigenvalue weighted by Gasteiger charge is 2.25. The van der Waals surface area contributed by atoms with Crippen LogP contribution in [0.2, 0.25) is 0 Å². The molecule has 0 spiro atoms. The molecule has 0 N–H and O–H groups in total. The van der Waals surface area contributed by atoms with Crippen molar-refractivity contribution in [1.82, 2.24) is 15.0 Å². The van der Waals surface area contributed by atoms with E-state index in [-0.39, 0.29) is 6.04 Å². The number of aromatic nitrogens is 2. The molecule has 5 heteroatoms. The zero-order chi connectivity index (χ0) is 13.2. The topological polar surface area (TPSA) is 42.2 Å². The summed E-state index contributed by atoms with van der Waals surface area (Å²) in [4.78, 5) is 8.45. The van der Waals surface area contributed by atoms with Crippen molar-refractivity contribution in [2.75, 3.05) is 6.54 Å². The Labute approximate surface area is 117 Å². The number of aryl methyl sites for hydroxylation is 1. The molecule has 2 aromatic heterocycles. The van der Waals surface area contributed by atoms with Crippen LogP contribution < -0.4 is 0 Å². The zero-order valence-corrected chi connectivity index (χ0v) is 12.2. The molecule has 0 aromatic carbocycles. The molecular formula is C14H19N3OS. The Balaban J connectivity index is 1.72. The average molecular weight is 277 g/mol. The molecular weight excluding hydrogens is 258 g/mol. The van der Waals surface area contributed by atoms with Crippen LogP contribution in [0, 0.1) is 0 Å². The van der Waals surface area contributed by atoms with E-state index < -0.39 is 0 Å². The lowest BCUT2D eigenvalue weighted by Gasteiger charge is -2.30. The van der Waals surface area contributed by atoms with Gasteiger partial charge in [-0.3, -0.25) is 4.90 Å². The van der Waals surface area contributed by atoms with Gasteiger partial charge in [-0.2, -0.15) is 4.98 Å². The van der Waals surface area contributed by atoms with Crippen LogP contribution in [0.3, 0.4) is 0 Å². The third-order valence-electron chi connectivity index (χ3n) is 3.70. The lowest BCUT2D eigenvalue weighted by molar-refractivity contribution is 0.159. The highest BCUT2D eigenvalue weighted by molar-refractivity contribution is 7.10. The van der Waals surface area contributed by atoms with E-state index >= 15 is 0 Å². The molecule has 0 aliphatic carbocycles. The zero-order valence-electron chi connectivity index (χ0n) is 11.4. The van der Waals surface area contributed by atoms with Crippen LogP contribution in [0.1, 0.15) is 48.5 Å². The van der Waals surface area contributed by atoms with Crippen LogP contribution in [0.4, 0.5) is 0 Å². The van der Waals surface area contributed by atoms with Crippen LogP contribution in [0.15, 0.2) is 16.0 Å². The van der Waals surface area contributed by atoms with Gasteiger partial charge in [0.15, 0.2) is 5.82 Å².